The average molecular weight is 399 g/mol. The number of halogens is 5. The maximum absolute atomic E-state index is 15.1. The highest BCUT2D eigenvalue weighted by molar-refractivity contribution is 5.90. The maximum atomic E-state index is 15.1. The van der Waals surface area contributed by atoms with E-state index in [2.05, 4.69) is 5.32 Å². The number of hydrogen-bond acceptors (Lipinski definition) is 3. The summed E-state index contributed by atoms with van der Waals surface area (Å²) in [5.41, 5.74) is 5.18. The van der Waals surface area contributed by atoms with E-state index in [1.807, 2.05) is 0 Å². The van der Waals surface area contributed by atoms with Gasteiger partial charge in [0.1, 0.15) is 5.82 Å². The van der Waals surface area contributed by atoms with E-state index < -0.39 is 41.2 Å². The van der Waals surface area contributed by atoms with Crippen LogP contribution < -0.4 is 16.4 Å². The predicted octanol–water partition coefficient (Wildman–Crippen LogP) is 4.81. The van der Waals surface area contributed by atoms with Crippen LogP contribution in [0.2, 0.25) is 0 Å². The number of anilines is 2. The van der Waals surface area contributed by atoms with Gasteiger partial charge in [-0.25, -0.2) is 26.7 Å². The summed E-state index contributed by atoms with van der Waals surface area (Å²) in [6.45, 7) is 1.15. The Balaban J connectivity index is 1.97. The van der Waals surface area contributed by atoms with Gasteiger partial charge in [-0.1, -0.05) is 0 Å². The van der Waals surface area contributed by atoms with Crippen molar-refractivity contribution in [1.29, 1.82) is 0 Å². The summed E-state index contributed by atoms with van der Waals surface area (Å²) in [4.78, 5) is 12.0. The molecule has 0 radical (unpaired) electrons. The Kier molecular flexibility index (Phi) is 4.88. The molecule has 1 unspecified atom stereocenters. The third kappa shape index (κ3) is 3.45. The number of urea groups is 1. The van der Waals surface area contributed by atoms with Gasteiger partial charge >= 0.3 is 11.8 Å². The van der Waals surface area contributed by atoms with Crippen LogP contribution in [0.3, 0.4) is 0 Å². The van der Waals surface area contributed by atoms with Crippen LogP contribution in [0.4, 0.5) is 38.1 Å². The topological polar surface area (TPSA) is 80.3 Å². The molecule has 0 aliphatic rings. The van der Waals surface area contributed by atoms with Crippen LogP contribution in [0.25, 0.3) is 11.0 Å². The number of amides is 2. The van der Waals surface area contributed by atoms with Gasteiger partial charge in [-0.2, -0.15) is 0 Å². The van der Waals surface area contributed by atoms with Crippen LogP contribution in [-0.4, -0.2) is 12.5 Å². The zero-order chi connectivity index (χ0) is 20.6. The Morgan fingerprint density at radius 1 is 1.18 bits per heavy atom. The molecule has 1 atom stereocenters. The number of rotatable bonds is 4. The lowest BCUT2D eigenvalue weighted by molar-refractivity contribution is -0.0664. The molecule has 0 saturated carbocycles. The second-order valence-electron chi connectivity index (χ2n) is 6.03. The van der Waals surface area contributed by atoms with Crippen molar-refractivity contribution < 1.29 is 31.2 Å². The normalized spacial score (nSPS) is 13.5. The number of alkyl halides is 3. The van der Waals surface area contributed by atoms with Crippen molar-refractivity contribution in [1.82, 2.24) is 5.32 Å². The van der Waals surface area contributed by atoms with Crippen molar-refractivity contribution in [2.24, 2.45) is 0 Å². The third-order valence-electron chi connectivity index (χ3n) is 4.05. The summed E-state index contributed by atoms with van der Waals surface area (Å²) in [7, 11) is 0. The number of furan rings is 1. The average Bonchev–Trinajstić information content (AvgIpc) is 2.94. The maximum Gasteiger partial charge on any atom is 0.322 e. The number of nitrogens with one attached hydrogen (secondary N) is 2. The predicted molar refractivity (Wildman–Crippen MR) is 92.7 cm³/mol. The van der Waals surface area contributed by atoms with Crippen LogP contribution in [0.1, 0.15) is 11.3 Å². The number of fused-ring (bicyclic) bond motifs is 1. The highest BCUT2D eigenvalue weighted by Gasteiger charge is 2.49. The number of carbonyl (C=O) groups excluding carboxylic acids is 1. The van der Waals surface area contributed by atoms with E-state index in [-0.39, 0.29) is 16.6 Å². The summed E-state index contributed by atoms with van der Waals surface area (Å²) in [6, 6.07) is 5.61. The van der Waals surface area contributed by atoms with E-state index in [0.717, 1.165) is 13.0 Å². The Hall–Kier alpha value is -3.30. The first kappa shape index (κ1) is 19.5. The second-order valence-corrected chi connectivity index (χ2v) is 6.03. The summed E-state index contributed by atoms with van der Waals surface area (Å²) >= 11 is 0. The monoisotopic (exact) mass is 399 g/mol. The second kappa shape index (κ2) is 7.02. The molecule has 2 amide bonds. The van der Waals surface area contributed by atoms with Gasteiger partial charge in [0, 0.05) is 28.4 Å². The van der Waals surface area contributed by atoms with Crippen molar-refractivity contribution in [3.63, 3.8) is 0 Å². The number of nitrogen functional groups attached to an aromatic ring is 1. The lowest BCUT2D eigenvalue weighted by atomic mass is 10.1. The molecule has 0 aliphatic carbocycles. The number of carbonyl (C=O) groups is 1. The summed E-state index contributed by atoms with van der Waals surface area (Å²) in [6.07, 6.45) is -3.77. The number of benzene rings is 2. The first-order valence-corrected chi connectivity index (χ1v) is 7.92. The van der Waals surface area contributed by atoms with Crippen molar-refractivity contribution in [2.75, 3.05) is 11.1 Å². The molecule has 4 N–H and O–H groups in total. The molecule has 3 aromatic rings. The van der Waals surface area contributed by atoms with Crippen molar-refractivity contribution >= 4 is 28.4 Å². The Bertz CT molecular complexity index is 1040. The Labute approximate surface area is 155 Å². The molecule has 10 heteroatoms. The smallest absolute Gasteiger partial charge is 0.322 e. The largest absolute Gasteiger partial charge is 0.452 e. The lowest BCUT2D eigenvalue weighted by Gasteiger charge is -2.24. The van der Waals surface area contributed by atoms with Crippen LogP contribution in [0.15, 0.2) is 40.8 Å². The molecule has 0 bridgehead atoms. The molecule has 3 rings (SSSR count). The molecule has 148 valence electrons. The molecule has 0 spiro atoms. The minimum absolute atomic E-state index is 0.165. The van der Waals surface area contributed by atoms with E-state index >= 15 is 4.39 Å². The van der Waals surface area contributed by atoms with Crippen LogP contribution >= 0.6 is 0 Å². The van der Waals surface area contributed by atoms with Crippen LogP contribution in [0, 0.1) is 18.6 Å². The molecule has 1 heterocycles. The van der Waals surface area contributed by atoms with Gasteiger partial charge in [-0.15, -0.1) is 0 Å². The van der Waals surface area contributed by atoms with Gasteiger partial charge in [-0.05, 0) is 37.3 Å². The van der Waals surface area contributed by atoms with Gasteiger partial charge in [0.05, 0.1) is 0 Å². The fourth-order valence-electron chi connectivity index (χ4n) is 2.70. The van der Waals surface area contributed by atoms with E-state index in [4.69, 9.17) is 10.2 Å². The standard InChI is InChI=1S/C18H14F5N3O2/c1-8-12-6-9(19)7-13(20)14(12)28-15(8)18(23,16(21)22)26-17(27)25-11-4-2-10(24)3-5-11/h2-7,16H,24H2,1H3,(H2,25,26,27). The Morgan fingerprint density at radius 2 is 1.82 bits per heavy atom. The minimum atomic E-state index is -3.79. The highest BCUT2D eigenvalue weighted by atomic mass is 19.3. The lowest BCUT2D eigenvalue weighted by Crippen LogP contribution is -2.49. The summed E-state index contributed by atoms with van der Waals surface area (Å²) in [5.74, 6) is -7.00. The van der Waals surface area contributed by atoms with E-state index in [9.17, 15) is 22.4 Å². The number of hydrogen-bond donors (Lipinski definition) is 3. The van der Waals surface area contributed by atoms with E-state index in [0.29, 0.717) is 11.8 Å². The molecule has 0 fully saturated rings. The molecule has 0 aliphatic heterocycles. The first-order chi connectivity index (χ1) is 13.1. The van der Waals surface area contributed by atoms with Gasteiger partial charge in [-0.3, -0.25) is 5.32 Å². The molecule has 28 heavy (non-hydrogen) atoms. The van der Waals surface area contributed by atoms with Crippen molar-refractivity contribution in [3.8, 4) is 0 Å². The zero-order valence-electron chi connectivity index (χ0n) is 14.3. The van der Waals surface area contributed by atoms with Crippen molar-refractivity contribution in [2.45, 2.75) is 19.1 Å². The van der Waals surface area contributed by atoms with Crippen LogP contribution in [0.5, 0.6) is 0 Å². The Morgan fingerprint density at radius 3 is 2.43 bits per heavy atom. The molecular weight excluding hydrogens is 385 g/mol. The fourth-order valence-corrected chi connectivity index (χ4v) is 2.70. The zero-order valence-corrected chi connectivity index (χ0v) is 14.3. The number of aryl methyl sites for hydroxylation is 1. The summed E-state index contributed by atoms with van der Waals surface area (Å²) < 4.78 is 74.4. The van der Waals surface area contributed by atoms with Crippen LogP contribution in [-0.2, 0) is 5.79 Å². The third-order valence-corrected chi connectivity index (χ3v) is 4.05. The molecular formula is C18H14F5N3O2. The van der Waals surface area contributed by atoms with Crippen molar-refractivity contribution in [3.05, 3.63) is 59.4 Å². The molecule has 2 aromatic carbocycles. The number of nitrogens with two attached hydrogens (primary N) is 1. The summed E-state index contributed by atoms with van der Waals surface area (Å²) in [5, 5.41) is 3.44. The molecule has 1 aromatic heterocycles. The van der Waals surface area contributed by atoms with E-state index in [1.165, 1.54) is 29.6 Å². The molecule has 5 nitrogen and oxygen atoms in total. The minimum Gasteiger partial charge on any atom is -0.452 e. The quantitative estimate of drug-likeness (QED) is 0.335. The van der Waals surface area contributed by atoms with Gasteiger partial charge in [0.2, 0.25) is 0 Å². The first-order valence-electron chi connectivity index (χ1n) is 7.92. The molecule has 0 saturated heterocycles. The highest BCUT2D eigenvalue weighted by Crippen LogP contribution is 2.39. The fraction of sp³-hybridized carbons (Fsp3) is 0.167. The van der Waals surface area contributed by atoms with Gasteiger partial charge in [0.15, 0.2) is 17.2 Å². The SMILES string of the molecule is Cc1c(C(F)(NC(=O)Nc2ccc(N)cc2)C(F)F)oc2c(F)cc(F)cc12. The van der Waals surface area contributed by atoms with Gasteiger partial charge in [0.25, 0.3) is 6.43 Å². The van der Waals surface area contributed by atoms with E-state index in [1.54, 1.807) is 0 Å². The van der Waals surface area contributed by atoms with Gasteiger partial charge < -0.3 is 15.5 Å².